The van der Waals surface area contributed by atoms with Gasteiger partial charge in [-0.25, -0.2) is 4.79 Å². The van der Waals surface area contributed by atoms with E-state index in [0.29, 0.717) is 34.7 Å². The van der Waals surface area contributed by atoms with Crippen molar-refractivity contribution in [1.29, 1.82) is 0 Å². The Morgan fingerprint density at radius 1 is 0.875 bits per heavy atom. The highest BCUT2D eigenvalue weighted by atomic mass is 16.7. The minimum Gasteiger partial charge on any atom is -0.431 e. The van der Waals surface area contributed by atoms with E-state index in [1.54, 1.807) is 0 Å². The minimum absolute atomic E-state index is 0.0681. The molecule has 1 aliphatic heterocycles. The predicted octanol–water partition coefficient (Wildman–Crippen LogP) is 6.75. The third-order valence-corrected chi connectivity index (χ3v) is 14.6. The summed E-state index contributed by atoms with van der Waals surface area (Å²) in [6, 6.07) is 0. The lowest BCUT2D eigenvalue weighted by molar-refractivity contribution is -0.250. The van der Waals surface area contributed by atoms with Gasteiger partial charge in [0, 0.05) is 0 Å². The maximum absolute atomic E-state index is 12.6. The molecule has 0 amide bonds. The zero-order valence-corrected chi connectivity index (χ0v) is 26.3. The molecule has 6 rings (SSSR count). The number of ether oxygens (including phenoxy) is 3. The molecule has 40 heavy (non-hydrogen) atoms. The number of hydrogen-bond acceptors (Lipinski definition) is 6. The van der Waals surface area contributed by atoms with Gasteiger partial charge in [-0.05, 0) is 120 Å². The molecule has 2 N–H and O–H groups in total. The summed E-state index contributed by atoms with van der Waals surface area (Å²) in [4.78, 5) is 12.6. The molecule has 6 heteroatoms. The van der Waals surface area contributed by atoms with Crippen LogP contribution in [0.1, 0.15) is 113 Å². The van der Waals surface area contributed by atoms with Crippen molar-refractivity contribution in [3.05, 3.63) is 0 Å². The quantitative estimate of drug-likeness (QED) is 0.370. The monoisotopic (exact) mass is 560 g/mol. The Bertz CT molecular complexity index is 1010. The second-order valence-corrected chi connectivity index (χ2v) is 17.3. The molecule has 4 unspecified atom stereocenters. The molecule has 6 nitrogen and oxygen atoms in total. The molecular formula is C34H56O6. The fraction of sp³-hybridized carbons (Fsp3) is 0.971. The van der Waals surface area contributed by atoms with Crippen molar-refractivity contribution < 1.29 is 29.2 Å². The van der Waals surface area contributed by atoms with E-state index >= 15 is 0 Å². The summed E-state index contributed by atoms with van der Waals surface area (Å²) in [6.07, 6.45) is 10.5. The Morgan fingerprint density at radius 2 is 1.60 bits per heavy atom. The van der Waals surface area contributed by atoms with E-state index in [0.717, 1.165) is 25.4 Å². The molecule has 0 aromatic rings. The number of carbonyl (C=O) groups is 1. The lowest BCUT2D eigenvalue weighted by atomic mass is 9.31. The third kappa shape index (κ3) is 4.00. The van der Waals surface area contributed by atoms with E-state index in [-0.39, 0.29) is 34.4 Å². The zero-order valence-electron chi connectivity index (χ0n) is 26.3. The summed E-state index contributed by atoms with van der Waals surface area (Å²) in [6.45, 7) is 17.8. The van der Waals surface area contributed by atoms with Gasteiger partial charge < -0.3 is 24.4 Å². The summed E-state index contributed by atoms with van der Waals surface area (Å²) in [7, 11) is 0. The number of aliphatic hydroxyl groups excluding tert-OH is 2. The molecule has 1 heterocycles. The van der Waals surface area contributed by atoms with Crippen LogP contribution < -0.4 is 0 Å². The maximum atomic E-state index is 12.6. The number of carbonyl (C=O) groups excluding carboxylic acids is 1. The van der Waals surface area contributed by atoms with Crippen molar-refractivity contribution in [3.8, 4) is 0 Å². The SMILES string of the molecule is CC1(C)CC[C@]23CC[C@]4(C)[C@H](CC[C@@H]5[C@@]6(C)CC(OC(=O)OCC(O)CO)CC(C)(C)[C@@H]6CC[C@]54C)C2C1OC3. The second kappa shape index (κ2) is 9.32. The van der Waals surface area contributed by atoms with Gasteiger partial charge in [0.15, 0.2) is 0 Å². The van der Waals surface area contributed by atoms with Crippen molar-refractivity contribution in [1.82, 2.24) is 0 Å². The van der Waals surface area contributed by atoms with Gasteiger partial charge in [0.1, 0.15) is 18.8 Å². The molecule has 6 aliphatic rings. The van der Waals surface area contributed by atoms with Crippen molar-refractivity contribution in [2.24, 2.45) is 56.2 Å². The topological polar surface area (TPSA) is 85.2 Å². The normalized spacial score (nSPS) is 50.9. The predicted molar refractivity (Wildman–Crippen MR) is 153 cm³/mol. The largest absolute Gasteiger partial charge is 0.508 e. The van der Waals surface area contributed by atoms with Crippen LogP contribution in [0.25, 0.3) is 0 Å². The Kier molecular flexibility index (Phi) is 6.81. The van der Waals surface area contributed by atoms with Crippen LogP contribution in [0.3, 0.4) is 0 Å². The first-order valence-electron chi connectivity index (χ1n) is 16.4. The highest BCUT2D eigenvalue weighted by Gasteiger charge is 2.72. The second-order valence-electron chi connectivity index (χ2n) is 17.3. The Hall–Kier alpha value is -0.850. The summed E-state index contributed by atoms with van der Waals surface area (Å²) in [5.41, 5.74) is 1.39. The number of hydrogen-bond donors (Lipinski definition) is 2. The molecule has 5 aliphatic carbocycles. The van der Waals surface area contributed by atoms with Gasteiger partial charge in [0.2, 0.25) is 0 Å². The summed E-state index contributed by atoms with van der Waals surface area (Å²) in [5.74, 6) is 2.63. The Labute approximate surface area is 242 Å². The summed E-state index contributed by atoms with van der Waals surface area (Å²) < 4.78 is 17.8. The first-order valence-corrected chi connectivity index (χ1v) is 16.4. The average Bonchev–Trinajstić information content (AvgIpc) is 3.20. The van der Waals surface area contributed by atoms with E-state index in [9.17, 15) is 9.90 Å². The van der Waals surface area contributed by atoms with E-state index < -0.39 is 18.9 Å². The number of aliphatic hydroxyl groups is 2. The van der Waals surface area contributed by atoms with E-state index in [4.69, 9.17) is 19.3 Å². The standard InChI is InChI=1S/C34H56O6/c1-29(2)12-14-34-15-13-32(6)23(26(34)27(29)39-20-34)8-9-25-31(5)17-22(40-28(37)38-19-21(36)18-35)16-30(3,4)24(31)10-11-33(25,32)7/h21-27,35-36H,8-20H2,1-7H3/t21?,22?,23-,24+,25-,26?,27?,31+,32-,33-,34-/m1/s1. The highest BCUT2D eigenvalue weighted by Crippen LogP contribution is 2.78. The van der Waals surface area contributed by atoms with Crippen LogP contribution in [0.4, 0.5) is 4.79 Å². The lowest BCUT2D eigenvalue weighted by Crippen LogP contribution is -2.67. The van der Waals surface area contributed by atoms with Gasteiger partial charge in [0.25, 0.3) is 0 Å². The smallest absolute Gasteiger partial charge is 0.431 e. The molecule has 11 atom stereocenters. The first-order chi connectivity index (χ1) is 18.6. The van der Waals surface area contributed by atoms with Gasteiger partial charge in [0.05, 0.1) is 19.3 Å². The lowest BCUT2D eigenvalue weighted by Gasteiger charge is -2.73. The minimum atomic E-state index is -1.07. The van der Waals surface area contributed by atoms with Gasteiger partial charge in [-0.3, -0.25) is 0 Å². The fourth-order valence-corrected chi connectivity index (χ4v) is 12.7. The molecule has 0 radical (unpaired) electrons. The average molecular weight is 561 g/mol. The van der Waals surface area contributed by atoms with E-state index in [2.05, 4.69) is 48.5 Å². The summed E-state index contributed by atoms with van der Waals surface area (Å²) >= 11 is 0. The van der Waals surface area contributed by atoms with Crippen LogP contribution in [0, 0.1) is 56.2 Å². The highest BCUT2D eigenvalue weighted by molar-refractivity contribution is 5.60. The molecule has 228 valence electrons. The van der Waals surface area contributed by atoms with E-state index in [1.807, 2.05) is 0 Å². The molecule has 1 saturated heterocycles. The number of rotatable bonds is 4. The van der Waals surface area contributed by atoms with Crippen LogP contribution in [0.15, 0.2) is 0 Å². The molecule has 6 fully saturated rings. The van der Waals surface area contributed by atoms with Crippen molar-refractivity contribution in [2.75, 3.05) is 19.8 Å². The third-order valence-electron chi connectivity index (χ3n) is 14.6. The molecule has 5 saturated carbocycles. The van der Waals surface area contributed by atoms with E-state index in [1.165, 1.54) is 51.4 Å². The van der Waals surface area contributed by atoms with Crippen LogP contribution in [-0.4, -0.2) is 54.5 Å². The van der Waals surface area contributed by atoms with Gasteiger partial charge in [-0.15, -0.1) is 0 Å². The van der Waals surface area contributed by atoms with Gasteiger partial charge >= 0.3 is 6.16 Å². The zero-order chi connectivity index (χ0) is 28.9. The molecule has 0 aromatic heterocycles. The van der Waals surface area contributed by atoms with Crippen LogP contribution in [0.5, 0.6) is 0 Å². The molecular weight excluding hydrogens is 504 g/mol. The fourth-order valence-electron chi connectivity index (χ4n) is 12.7. The first kappa shape index (κ1) is 29.2. The Balaban J connectivity index is 1.28. The summed E-state index contributed by atoms with van der Waals surface area (Å²) in [5, 5.41) is 18.7. The maximum Gasteiger partial charge on any atom is 0.508 e. The van der Waals surface area contributed by atoms with Gasteiger partial charge in [-0.1, -0.05) is 48.5 Å². The molecule has 0 aromatic carbocycles. The van der Waals surface area contributed by atoms with Crippen LogP contribution in [0.2, 0.25) is 0 Å². The molecule has 0 spiro atoms. The van der Waals surface area contributed by atoms with Crippen LogP contribution >= 0.6 is 0 Å². The van der Waals surface area contributed by atoms with Crippen LogP contribution in [-0.2, 0) is 14.2 Å². The Morgan fingerprint density at radius 3 is 2.33 bits per heavy atom. The van der Waals surface area contributed by atoms with Crippen molar-refractivity contribution in [3.63, 3.8) is 0 Å². The van der Waals surface area contributed by atoms with Crippen molar-refractivity contribution >= 4 is 6.16 Å². The molecule has 2 bridgehead atoms. The van der Waals surface area contributed by atoms with Crippen molar-refractivity contribution in [2.45, 2.75) is 131 Å². The van der Waals surface area contributed by atoms with Gasteiger partial charge in [-0.2, -0.15) is 0 Å². The number of fused-ring (bicyclic) bond motifs is 5.